The Bertz CT molecular complexity index is 310. The van der Waals surface area contributed by atoms with Gasteiger partial charge in [-0.1, -0.05) is 0 Å². The summed E-state index contributed by atoms with van der Waals surface area (Å²) in [5.41, 5.74) is -1.42. The van der Waals surface area contributed by atoms with Crippen molar-refractivity contribution in [3.05, 3.63) is 5.21 Å². The van der Waals surface area contributed by atoms with E-state index in [4.69, 9.17) is 14.7 Å². The maximum atomic E-state index is 11.6. The number of hydrogen-bond acceptors (Lipinski definition) is 7. The molecular formula is C13H24NO6-. The van der Waals surface area contributed by atoms with E-state index in [0.717, 1.165) is 0 Å². The van der Waals surface area contributed by atoms with E-state index in [2.05, 4.69) is 0 Å². The van der Waals surface area contributed by atoms with Crippen molar-refractivity contribution in [1.29, 1.82) is 0 Å². The van der Waals surface area contributed by atoms with Crippen LogP contribution >= 0.6 is 0 Å². The number of carbonyl (C=O) groups excluding carboxylic acids is 2. The quantitative estimate of drug-likeness (QED) is 0.608. The molecule has 0 radical (unpaired) electrons. The maximum Gasteiger partial charge on any atom is 0.311 e. The summed E-state index contributed by atoms with van der Waals surface area (Å²) in [5, 5.41) is 19.5. The second-order valence-corrected chi connectivity index (χ2v) is 6.65. The summed E-state index contributed by atoms with van der Waals surface area (Å²) in [4.78, 5) is 23.1. The minimum Gasteiger partial charge on any atom is -0.762 e. The van der Waals surface area contributed by atoms with Gasteiger partial charge in [0.05, 0.1) is 16.9 Å². The highest BCUT2D eigenvalue weighted by Gasteiger charge is 2.27. The van der Waals surface area contributed by atoms with Crippen molar-refractivity contribution in [3.8, 4) is 0 Å². The molecule has 7 heteroatoms. The zero-order valence-corrected chi connectivity index (χ0v) is 12.9. The topological polar surface area (TPSA) is 99.1 Å². The molecule has 0 rings (SSSR count). The first-order chi connectivity index (χ1) is 8.85. The summed E-state index contributed by atoms with van der Waals surface area (Å²) in [5.74, 6) is -1.02. The fourth-order valence-corrected chi connectivity index (χ4v) is 0.952. The van der Waals surface area contributed by atoms with Crippen LogP contribution in [0.25, 0.3) is 0 Å². The van der Waals surface area contributed by atoms with Crippen LogP contribution in [-0.2, 0) is 19.1 Å². The van der Waals surface area contributed by atoms with Crippen LogP contribution in [0.4, 0.5) is 0 Å². The van der Waals surface area contributed by atoms with Crippen LogP contribution in [-0.4, -0.2) is 41.6 Å². The van der Waals surface area contributed by atoms with Gasteiger partial charge in [-0.3, -0.25) is 14.8 Å². The lowest BCUT2D eigenvalue weighted by Crippen LogP contribution is -2.40. The summed E-state index contributed by atoms with van der Waals surface area (Å²) in [6, 6.07) is -1.15. The van der Waals surface area contributed by atoms with Crippen LogP contribution in [0.2, 0.25) is 0 Å². The summed E-state index contributed by atoms with van der Waals surface area (Å²) < 4.78 is 9.83. The number of esters is 2. The standard InChI is InChI=1S/C13H24NO6/c1-12(2,3)10(15)19-7-9(14(17)18)8-20-11(16)13(4,5)6/h9,17H,7-8H2,1-6H3/q-1. The van der Waals surface area contributed by atoms with E-state index in [0.29, 0.717) is 0 Å². The molecule has 0 atom stereocenters. The Morgan fingerprint density at radius 2 is 1.30 bits per heavy atom. The maximum absolute atomic E-state index is 11.6. The molecule has 1 N–H and O–H groups in total. The Balaban J connectivity index is 4.40. The molecule has 0 fully saturated rings. The Morgan fingerprint density at radius 1 is 1.00 bits per heavy atom. The molecule has 118 valence electrons. The van der Waals surface area contributed by atoms with Gasteiger partial charge < -0.3 is 19.9 Å². The number of ether oxygens (including phenoxy) is 2. The molecule has 0 aliphatic heterocycles. The van der Waals surface area contributed by atoms with Gasteiger partial charge in [-0.25, -0.2) is 0 Å². The summed E-state index contributed by atoms with van der Waals surface area (Å²) in [6.45, 7) is 9.28. The predicted molar refractivity (Wildman–Crippen MR) is 71.6 cm³/mol. The van der Waals surface area contributed by atoms with Gasteiger partial charge in [0.1, 0.15) is 13.2 Å². The average Bonchev–Trinajstić information content (AvgIpc) is 2.24. The number of nitrogens with zero attached hydrogens (tertiary/aromatic N) is 1. The SMILES string of the molecule is CC(C)(C)C(=O)OCC(COC(=O)C(C)(C)C)N([O-])O. The van der Waals surface area contributed by atoms with Crippen molar-refractivity contribution in [2.45, 2.75) is 47.6 Å². The van der Waals surface area contributed by atoms with E-state index >= 15 is 0 Å². The minimum atomic E-state index is -1.15. The highest BCUT2D eigenvalue weighted by atomic mass is 16.8. The molecular weight excluding hydrogens is 266 g/mol. The number of hydroxylamine groups is 2. The average molecular weight is 290 g/mol. The van der Waals surface area contributed by atoms with E-state index in [-0.39, 0.29) is 18.4 Å². The zero-order valence-electron chi connectivity index (χ0n) is 12.9. The first-order valence-corrected chi connectivity index (χ1v) is 6.35. The summed E-state index contributed by atoms with van der Waals surface area (Å²) >= 11 is 0. The Kier molecular flexibility index (Phi) is 6.60. The summed E-state index contributed by atoms with van der Waals surface area (Å²) in [6.07, 6.45) is 0. The van der Waals surface area contributed by atoms with Gasteiger partial charge in [0.15, 0.2) is 0 Å². The molecule has 0 heterocycles. The van der Waals surface area contributed by atoms with Crippen molar-refractivity contribution in [3.63, 3.8) is 0 Å². The first-order valence-electron chi connectivity index (χ1n) is 6.35. The lowest BCUT2D eigenvalue weighted by molar-refractivity contribution is -0.169. The van der Waals surface area contributed by atoms with Gasteiger partial charge in [0.2, 0.25) is 0 Å². The zero-order chi connectivity index (χ0) is 16.1. The number of carbonyl (C=O) groups is 2. The highest BCUT2D eigenvalue weighted by molar-refractivity contribution is 5.75. The van der Waals surface area contributed by atoms with Gasteiger partial charge in [0, 0.05) is 0 Å². The minimum absolute atomic E-state index is 0.354. The van der Waals surface area contributed by atoms with E-state index in [9.17, 15) is 14.8 Å². The van der Waals surface area contributed by atoms with Crippen LogP contribution < -0.4 is 0 Å². The normalized spacial score (nSPS) is 12.7. The third-order valence-electron chi connectivity index (χ3n) is 2.35. The molecule has 0 aromatic carbocycles. The van der Waals surface area contributed by atoms with Crippen molar-refractivity contribution < 1.29 is 24.3 Å². The van der Waals surface area contributed by atoms with E-state index in [1.807, 2.05) is 0 Å². The molecule has 0 amide bonds. The van der Waals surface area contributed by atoms with Crippen molar-refractivity contribution >= 4 is 11.9 Å². The van der Waals surface area contributed by atoms with Gasteiger partial charge in [0.25, 0.3) is 0 Å². The Morgan fingerprint density at radius 3 is 1.50 bits per heavy atom. The second kappa shape index (κ2) is 7.01. The van der Waals surface area contributed by atoms with Gasteiger partial charge in [-0.05, 0) is 41.5 Å². The lowest BCUT2D eigenvalue weighted by Gasteiger charge is -2.31. The fraction of sp³-hybridized carbons (Fsp3) is 0.846. The molecule has 0 aromatic heterocycles. The molecule has 0 unspecified atom stereocenters. The van der Waals surface area contributed by atoms with E-state index < -0.39 is 28.8 Å². The Labute approximate surface area is 119 Å². The van der Waals surface area contributed by atoms with Crippen LogP contribution in [0, 0.1) is 16.0 Å². The molecule has 0 saturated carbocycles. The monoisotopic (exact) mass is 290 g/mol. The van der Waals surface area contributed by atoms with Gasteiger partial charge in [-0.15, -0.1) is 0 Å². The number of rotatable bonds is 5. The molecule has 0 aliphatic rings. The fourth-order valence-electron chi connectivity index (χ4n) is 0.952. The highest BCUT2D eigenvalue weighted by Crippen LogP contribution is 2.17. The van der Waals surface area contributed by atoms with E-state index in [1.165, 1.54) is 0 Å². The number of hydrogen-bond donors (Lipinski definition) is 1. The van der Waals surface area contributed by atoms with Crippen molar-refractivity contribution in [2.75, 3.05) is 13.2 Å². The summed E-state index contributed by atoms with van der Waals surface area (Å²) in [7, 11) is 0. The second-order valence-electron chi connectivity index (χ2n) is 6.65. The molecule has 0 aromatic rings. The predicted octanol–water partition coefficient (Wildman–Crippen LogP) is 1.72. The largest absolute Gasteiger partial charge is 0.762 e. The van der Waals surface area contributed by atoms with Crippen LogP contribution in [0.1, 0.15) is 41.5 Å². The van der Waals surface area contributed by atoms with Crippen LogP contribution in [0.5, 0.6) is 0 Å². The molecule has 0 spiro atoms. The van der Waals surface area contributed by atoms with Crippen molar-refractivity contribution in [1.82, 2.24) is 5.23 Å². The molecule has 0 aliphatic carbocycles. The Hall–Kier alpha value is -1.18. The van der Waals surface area contributed by atoms with Gasteiger partial charge in [-0.2, -0.15) is 0 Å². The first kappa shape index (κ1) is 18.8. The van der Waals surface area contributed by atoms with E-state index in [1.54, 1.807) is 41.5 Å². The third kappa shape index (κ3) is 6.83. The molecule has 20 heavy (non-hydrogen) atoms. The molecule has 0 bridgehead atoms. The molecule has 0 saturated heterocycles. The molecule has 7 nitrogen and oxygen atoms in total. The lowest BCUT2D eigenvalue weighted by atomic mass is 9.97. The van der Waals surface area contributed by atoms with Crippen molar-refractivity contribution in [2.24, 2.45) is 10.8 Å². The van der Waals surface area contributed by atoms with Crippen LogP contribution in [0.3, 0.4) is 0 Å². The van der Waals surface area contributed by atoms with Crippen LogP contribution in [0.15, 0.2) is 0 Å². The smallest absolute Gasteiger partial charge is 0.311 e. The van der Waals surface area contributed by atoms with Gasteiger partial charge >= 0.3 is 11.9 Å². The third-order valence-corrected chi connectivity index (χ3v) is 2.35.